The molecule has 0 aliphatic heterocycles. The third kappa shape index (κ3) is 4.12. The normalized spacial score (nSPS) is 10.4. The van der Waals surface area contributed by atoms with Crippen LogP contribution in [-0.4, -0.2) is 27.1 Å². The number of carbonyl (C=O) groups is 1. The molecule has 7 nitrogen and oxygen atoms in total. The van der Waals surface area contributed by atoms with Crippen molar-refractivity contribution in [2.45, 2.75) is 19.8 Å². The van der Waals surface area contributed by atoms with Gasteiger partial charge in [-0.25, -0.2) is 9.67 Å². The number of nitrogen functional groups attached to an aromatic ring is 1. The number of rotatable bonds is 7. The molecule has 0 saturated carbocycles. The molecule has 3 N–H and O–H groups in total. The van der Waals surface area contributed by atoms with E-state index in [2.05, 4.69) is 21.5 Å². The van der Waals surface area contributed by atoms with E-state index in [-0.39, 0.29) is 5.78 Å². The van der Waals surface area contributed by atoms with Crippen LogP contribution in [0.1, 0.15) is 35.0 Å². The van der Waals surface area contributed by atoms with E-state index in [9.17, 15) is 10.1 Å². The zero-order valence-corrected chi connectivity index (χ0v) is 15.0. The standard InChI is InChI=1S/C20H20N6O/c1-14(27)15-9-10-19(24-13-15)23-11-5-8-18-17(12-21)20(22)26(25-18)16-6-3-2-4-7-16/h2-4,6-7,9-10,13H,5,8,11,22H2,1H3,(H,23,24). The molecule has 0 radical (unpaired) electrons. The molecule has 0 aliphatic rings. The predicted molar refractivity (Wildman–Crippen MR) is 104 cm³/mol. The molecule has 0 bridgehead atoms. The SMILES string of the molecule is CC(=O)c1ccc(NCCCc2nn(-c3ccccc3)c(N)c2C#N)nc1. The summed E-state index contributed by atoms with van der Waals surface area (Å²) >= 11 is 0. The predicted octanol–water partition coefficient (Wildman–Crippen LogP) is 2.97. The van der Waals surface area contributed by atoms with Crippen LogP contribution >= 0.6 is 0 Å². The van der Waals surface area contributed by atoms with Gasteiger partial charge in [-0.05, 0) is 44.0 Å². The molecular formula is C20H20N6O. The topological polar surface area (TPSA) is 110 Å². The number of hydrogen-bond donors (Lipinski definition) is 2. The van der Waals surface area contributed by atoms with Crippen LogP contribution in [0, 0.1) is 11.3 Å². The maximum atomic E-state index is 11.3. The van der Waals surface area contributed by atoms with Crippen molar-refractivity contribution in [2.75, 3.05) is 17.6 Å². The molecule has 136 valence electrons. The first-order chi connectivity index (χ1) is 13.1. The minimum atomic E-state index is -0.00956. The van der Waals surface area contributed by atoms with E-state index in [1.165, 1.54) is 6.92 Å². The maximum absolute atomic E-state index is 11.3. The monoisotopic (exact) mass is 360 g/mol. The number of ketones is 1. The van der Waals surface area contributed by atoms with Crippen molar-refractivity contribution in [1.82, 2.24) is 14.8 Å². The highest BCUT2D eigenvalue weighted by Crippen LogP contribution is 2.21. The van der Waals surface area contributed by atoms with Gasteiger partial charge in [0.25, 0.3) is 0 Å². The van der Waals surface area contributed by atoms with E-state index in [0.717, 1.165) is 12.1 Å². The number of para-hydroxylation sites is 1. The van der Waals surface area contributed by atoms with Crippen LogP contribution in [0.3, 0.4) is 0 Å². The van der Waals surface area contributed by atoms with Crippen molar-refractivity contribution >= 4 is 17.4 Å². The lowest BCUT2D eigenvalue weighted by atomic mass is 10.1. The van der Waals surface area contributed by atoms with Crippen LogP contribution < -0.4 is 11.1 Å². The van der Waals surface area contributed by atoms with Crippen molar-refractivity contribution in [2.24, 2.45) is 0 Å². The van der Waals surface area contributed by atoms with Crippen molar-refractivity contribution in [1.29, 1.82) is 5.26 Å². The van der Waals surface area contributed by atoms with Crippen LogP contribution in [-0.2, 0) is 6.42 Å². The summed E-state index contributed by atoms with van der Waals surface area (Å²) in [4.78, 5) is 15.5. The summed E-state index contributed by atoms with van der Waals surface area (Å²) in [5.41, 5.74) is 8.61. The molecule has 27 heavy (non-hydrogen) atoms. The van der Waals surface area contributed by atoms with Gasteiger partial charge >= 0.3 is 0 Å². The molecule has 0 aliphatic carbocycles. The molecule has 7 heteroatoms. The van der Waals surface area contributed by atoms with Crippen molar-refractivity contribution < 1.29 is 4.79 Å². The molecular weight excluding hydrogens is 340 g/mol. The number of nitrogens with one attached hydrogen (secondary N) is 1. The second-order valence-electron chi connectivity index (χ2n) is 6.08. The summed E-state index contributed by atoms with van der Waals surface area (Å²) in [5, 5.41) is 17.1. The van der Waals surface area contributed by atoms with E-state index in [1.807, 2.05) is 30.3 Å². The third-order valence-electron chi connectivity index (χ3n) is 4.17. The number of aromatic nitrogens is 3. The zero-order valence-electron chi connectivity index (χ0n) is 15.0. The largest absolute Gasteiger partial charge is 0.382 e. The lowest BCUT2D eigenvalue weighted by Crippen LogP contribution is -2.06. The summed E-state index contributed by atoms with van der Waals surface area (Å²) in [6, 6.07) is 15.2. The Hall–Kier alpha value is -3.66. The van der Waals surface area contributed by atoms with Gasteiger partial charge in [-0.15, -0.1) is 0 Å². The van der Waals surface area contributed by atoms with Gasteiger partial charge in [0.15, 0.2) is 5.78 Å². The maximum Gasteiger partial charge on any atom is 0.161 e. The average Bonchev–Trinajstić information content (AvgIpc) is 3.01. The van der Waals surface area contributed by atoms with Gasteiger partial charge in [-0.2, -0.15) is 10.4 Å². The highest BCUT2D eigenvalue weighted by Gasteiger charge is 2.16. The van der Waals surface area contributed by atoms with Crippen LogP contribution in [0.2, 0.25) is 0 Å². The molecule has 0 unspecified atom stereocenters. The molecule has 0 atom stereocenters. The Morgan fingerprint density at radius 3 is 2.67 bits per heavy atom. The fourth-order valence-electron chi connectivity index (χ4n) is 2.72. The van der Waals surface area contributed by atoms with Gasteiger partial charge < -0.3 is 11.1 Å². The number of aryl methyl sites for hydroxylation is 1. The Labute approximate surface area is 157 Å². The Balaban J connectivity index is 1.63. The smallest absolute Gasteiger partial charge is 0.161 e. The zero-order chi connectivity index (χ0) is 19.2. The number of nitriles is 1. The van der Waals surface area contributed by atoms with Gasteiger partial charge in [-0.3, -0.25) is 4.79 Å². The van der Waals surface area contributed by atoms with E-state index >= 15 is 0 Å². The van der Waals surface area contributed by atoms with Crippen LogP contribution in [0.5, 0.6) is 0 Å². The summed E-state index contributed by atoms with van der Waals surface area (Å²) in [6.45, 7) is 2.17. The second-order valence-corrected chi connectivity index (χ2v) is 6.08. The summed E-state index contributed by atoms with van der Waals surface area (Å²) in [5.74, 6) is 1.05. The van der Waals surface area contributed by atoms with Crippen molar-refractivity contribution in [3.8, 4) is 11.8 Å². The number of Topliss-reactive ketones (excluding diaryl/α,β-unsaturated/α-hetero) is 1. The van der Waals surface area contributed by atoms with Gasteiger partial charge in [0.2, 0.25) is 0 Å². The number of nitrogens with two attached hydrogens (primary N) is 1. The molecule has 0 spiro atoms. The van der Waals surface area contributed by atoms with Gasteiger partial charge in [0.05, 0.1) is 11.4 Å². The first kappa shape index (κ1) is 18.1. The minimum absolute atomic E-state index is 0.00956. The Kier molecular flexibility index (Phi) is 5.47. The Morgan fingerprint density at radius 2 is 2.04 bits per heavy atom. The lowest BCUT2D eigenvalue weighted by Gasteiger charge is -2.05. The highest BCUT2D eigenvalue weighted by molar-refractivity contribution is 5.93. The molecule has 1 aromatic carbocycles. The number of hydrogen-bond acceptors (Lipinski definition) is 6. The summed E-state index contributed by atoms with van der Waals surface area (Å²) in [6.07, 6.45) is 2.93. The van der Waals surface area contributed by atoms with E-state index < -0.39 is 0 Å². The fourth-order valence-corrected chi connectivity index (χ4v) is 2.72. The average molecular weight is 360 g/mol. The van der Waals surface area contributed by atoms with E-state index in [0.29, 0.717) is 41.4 Å². The van der Waals surface area contributed by atoms with E-state index in [1.54, 1.807) is 23.0 Å². The van der Waals surface area contributed by atoms with Gasteiger partial charge in [0, 0.05) is 18.3 Å². The number of anilines is 2. The van der Waals surface area contributed by atoms with Crippen LogP contribution in [0.15, 0.2) is 48.7 Å². The number of carbonyl (C=O) groups excluding carboxylic acids is 1. The Morgan fingerprint density at radius 1 is 1.26 bits per heavy atom. The highest BCUT2D eigenvalue weighted by atomic mass is 16.1. The molecule has 3 aromatic rings. The molecule has 2 aromatic heterocycles. The van der Waals surface area contributed by atoms with Crippen LogP contribution in [0.4, 0.5) is 11.6 Å². The lowest BCUT2D eigenvalue weighted by molar-refractivity contribution is 0.101. The molecule has 2 heterocycles. The second kappa shape index (κ2) is 8.15. The fraction of sp³-hybridized carbons (Fsp3) is 0.200. The summed E-state index contributed by atoms with van der Waals surface area (Å²) < 4.78 is 1.60. The van der Waals surface area contributed by atoms with Crippen molar-refractivity contribution in [3.63, 3.8) is 0 Å². The molecule has 0 saturated heterocycles. The molecule has 0 amide bonds. The minimum Gasteiger partial charge on any atom is -0.382 e. The van der Waals surface area contributed by atoms with Gasteiger partial charge in [-0.1, -0.05) is 18.2 Å². The number of pyridine rings is 1. The van der Waals surface area contributed by atoms with Crippen molar-refractivity contribution in [3.05, 3.63) is 65.5 Å². The van der Waals surface area contributed by atoms with Crippen LogP contribution in [0.25, 0.3) is 5.69 Å². The van der Waals surface area contributed by atoms with Gasteiger partial charge in [0.1, 0.15) is 23.3 Å². The first-order valence-corrected chi connectivity index (χ1v) is 8.64. The summed E-state index contributed by atoms with van der Waals surface area (Å²) in [7, 11) is 0. The Bertz CT molecular complexity index is 970. The first-order valence-electron chi connectivity index (χ1n) is 8.64. The molecule has 0 fully saturated rings. The van der Waals surface area contributed by atoms with E-state index in [4.69, 9.17) is 5.73 Å². The third-order valence-corrected chi connectivity index (χ3v) is 4.17. The number of benzene rings is 1. The number of nitrogens with zero attached hydrogens (tertiary/aromatic N) is 4. The quantitative estimate of drug-likeness (QED) is 0.495. The molecule has 3 rings (SSSR count).